The van der Waals surface area contributed by atoms with Gasteiger partial charge in [-0.15, -0.1) is 0 Å². The topological polar surface area (TPSA) is 104 Å². The highest BCUT2D eigenvalue weighted by atomic mass is 32.2. The number of aryl methyl sites for hydroxylation is 2. The van der Waals surface area contributed by atoms with E-state index in [2.05, 4.69) is 25.5 Å². The van der Waals surface area contributed by atoms with Gasteiger partial charge in [0.1, 0.15) is 17.5 Å². The summed E-state index contributed by atoms with van der Waals surface area (Å²) in [6.45, 7) is 4.04. The first kappa shape index (κ1) is 19.5. The van der Waals surface area contributed by atoms with Crippen molar-refractivity contribution in [3.8, 4) is 0 Å². The standard InChI is InChI=1S/C19H21FN6O2S/c1-12-10-19(25-24-12)23-18-11-16(21-13(2)22-18)17-4-3-9-26(17)29(27,28)15-7-5-14(20)6-8-15/h5-8,10-11,17H,3-4,9H2,1-2H3,(H2,21,22,23,24,25)/t17-/m1/s1. The minimum absolute atomic E-state index is 0.0712. The molecule has 2 N–H and O–H groups in total. The Morgan fingerprint density at radius 3 is 2.59 bits per heavy atom. The number of benzene rings is 1. The number of hydrogen-bond donors (Lipinski definition) is 2. The highest BCUT2D eigenvalue weighted by Crippen LogP contribution is 2.36. The summed E-state index contributed by atoms with van der Waals surface area (Å²) in [5.74, 6) is 1.22. The Labute approximate surface area is 168 Å². The average Bonchev–Trinajstić information content (AvgIpc) is 3.31. The van der Waals surface area contributed by atoms with E-state index in [0.29, 0.717) is 36.1 Å². The third-order valence-corrected chi connectivity index (χ3v) is 6.71. The van der Waals surface area contributed by atoms with Crippen molar-refractivity contribution in [2.75, 3.05) is 11.9 Å². The maximum Gasteiger partial charge on any atom is 0.243 e. The summed E-state index contributed by atoms with van der Waals surface area (Å²) in [5, 5.41) is 10.1. The smallest absolute Gasteiger partial charge is 0.243 e. The monoisotopic (exact) mass is 416 g/mol. The van der Waals surface area contributed by atoms with Crippen LogP contribution in [0.5, 0.6) is 0 Å². The number of anilines is 2. The van der Waals surface area contributed by atoms with Crippen molar-refractivity contribution in [1.29, 1.82) is 0 Å². The Balaban J connectivity index is 1.65. The van der Waals surface area contributed by atoms with Crippen molar-refractivity contribution in [3.63, 3.8) is 0 Å². The number of aromatic amines is 1. The lowest BCUT2D eigenvalue weighted by Gasteiger charge is -2.24. The van der Waals surface area contributed by atoms with Gasteiger partial charge in [0.15, 0.2) is 5.82 Å². The van der Waals surface area contributed by atoms with Gasteiger partial charge in [-0.05, 0) is 51.0 Å². The lowest BCUT2D eigenvalue weighted by Crippen LogP contribution is -2.31. The van der Waals surface area contributed by atoms with E-state index in [1.54, 1.807) is 13.0 Å². The molecule has 152 valence electrons. The van der Waals surface area contributed by atoms with Gasteiger partial charge in [0.05, 0.1) is 16.6 Å². The summed E-state index contributed by atoms with van der Waals surface area (Å²) >= 11 is 0. The van der Waals surface area contributed by atoms with Crippen LogP contribution in [0.25, 0.3) is 0 Å². The molecular formula is C19H21FN6O2S. The Bertz CT molecular complexity index is 1130. The van der Waals surface area contributed by atoms with E-state index in [0.717, 1.165) is 24.2 Å². The van der Waals surface area contributed by atoms with Crippen molar-refractivity contribution in [2.45, 2.75) is 37.6 Å². The largest absolute Gasteiger partial charge is 0.323 e. The van der Waals surface area contributed by atoms with Gasteiger partial charge in [0, 0.05) is 24.4 Å². The van der Waals surface area contributed by atoms with Crippen LogP contribution in [0.2, 0.25) is 0 Å². The van der Waals surface area contributed by atoms with E-state index in [4.69, 9.17) is 0 Å². The number of nitrogens with zero attached hydrogens (tertiary/aromatic N) is 4. The van der Waals surface area contributed by atoms with Crippen molar-refractivity contribution in [2.24, 2.45) is 0 Å². The first-order chi connectivity index (χ1) is 13.8. The molecule has 0 amide bonds. The number of rotatable bonds is 5. The van der Waals surface area contributed by atoms with Crippen LogP contribution >= 0.6 is 0 Å². The quantitative estimate of drug-likeness (QED) is 0.662. The first-order valence-electron chi connectivity index (χ1n) is 9.25. The van der Waals surface area contributed by atoms with E-state index < -0.39 is 21.9 Å². The van der Waals surface area contributed by atoms with Crippen LogP contribution in [0, 0.1) is 19.7 Å². The van der Waals surface area contributed by atoms with E-state index in [-0.39, 0.29) is 4.90 Å². The predicted molar refractivity (Wildman–Crippen MR) is 106 cm³/mol. The second kappa shape index (κ2) is 7.53. The molecule has 0 bridgehead atoms. The molecule has 10 heteroatoms. The highest BCUT2D eigenvalue weighted by molar-refractivity contribution is 7.89. The summed E-state index contributed by atoms with van der Waals surface area (Å²) < 4.78 is 40.9. The van der Waals surface area contributed by atoms with Crippen LogP contribution in [0.15, 0.2) is 41.3 Å². The van der Waals surface area contributed by atoms with Gasteiger partial charge in [0.2, 0.25) is 10.0 Å². The lowest BCUT2D eigenvalue weighted by molar-refractivity contribution is 0.389. The van der Waals surface area contributed by atoms with Gasteiger partial charge in [0.25, 0.3) is 0 Å². The maximum absolute atomic E-state index is 13.2. The number of aromatic nitrogens is 4. The number of halogens is 1. The third kappa shape index (κ3) is 3.99. The van der Waals surface area contributed by atoms with E-state index in [1.807, 2.05) is 13.0 Å². The predicted octanol–water partition coefficient (Wildman–Crippen LogP) is 3.23. The van der Waals surface area contributed by atoms with Crippen molar-refractivity contribution in [1.82, 2.24) is 24.5 Å². The van der Waals surface area contributed by atoms with Crippen LogP contribution in [0.1, 0.15) is 36.1 Å². The first-order valence-corrected chi connectivity index (χ1v) is 10.7. The molecule has 1 atom stereocenters. The van der Waals surface area contributed by atoms with E-state index >= 15 is 0 Å². The number of hydrogen-bond acceptors (Lipinski definition) is 6. The zero-order valence-electron chi connectivity index (χ0n) is 16.1. The van der Waals surface area contributed by atoms with Gasteiger partial charge in [-0.2, -0.15) is 9.40 Å². The SMILES string of the molecule is Cc1nc(Nc2cc(C)[nH]n2)cc([C@H]2CCCN2S(=O)(=O)c2ccc(F)cc2)n1. The van der Waals surface area contributed by atoms with Gasteiger partial charge in [-0.25, -0.2) is 22.8 Å². The minimum atomic E-state index is -3.77. The summed E-state index contributed by atoms with van der Waals surface area (Å²) in [6.07, 6.45) is 1.37. The maximum atomic E-state index is 13.2. The molecule has 3 aromatic rings. The summed E-state index contributed by atoms with van der Waals surface area (Å²) in [4.78, 5) is 8.94. The second-order valence-corrected chi connectivity index (χ2v) is 8.90. The van der Waals surface area contributed by atoms with E-state index in [9.17, 15) is 12.8 Å². The van der Waals surface area contributed by atoms with Crippen LogP contribution in [0.3, 0.4) is 0 Å². The molecule has 29 heavy (non-hydrogen) atoms. The summed E-state index contributed by atoms with van der Waals surface area (Å²) in [5.41, 5.74) is 1.53. The Morgan fingerprint density at radius 1 is 1.14 bits per heavy atom. The number of H-pyrrole nitrogens is 1. The Kier molecular flexibility index (Phi) is 5.05. The fourth-order valence-electron chi connectivity index (χ4n) is 3.50. The molecule has 0 unspecified atom stereocenters. The van der Waals surface area contributed by atoms with Gasteiger partial charge >= 0.3 is 0 Å². The molecule has 3 heterocycles. The molecule has 1 aliphatic rings. The van der Waals surface area contributed by atoms with Crippen LogP contribution in [-0.4, -0.2) is 39.4 Å². The number of nitrogens with one attached hydrogen (secondary N) is 2. The Morgan fingerprint density at radius 2 is 1.90 bits per heavy atom. The minimum Gasteiger partial charge on any atom is -0.323 e. The molecule has 2 aromatic heterocycles. The molecule has 4 rings (SSSR count). The van der Waals surface area contributed by atoms with Crippen LogP contribution in [0.4, 0.5) is 16.0 Å². The molecule has 0 saturated carbocycles. The summed E-state index contributed by atoms with van der Waals surface area (Å²) in [6, 6.07) is 8.07. The molecule has 0 spiro atoms. The fourth-order valence-corrected chi connectivity index (χ4v) is 5.17. The fraction of sp³-hybridized carbons (Fsp3) is 0.316. The zero-order chi connectivity index (χ0) is 20.6. The number of sulfonamides is 1. The van der Waals surface area contributed by atoms with Gasteiger partial charge in [-0.1, -0.05) is 0 Å². The lowest BCUT2D eigenvalue weighted by atomic mass is 10.1. The molecule has 1 aromatic carbocycles. The molecule has 1 saturated heterocycles. The van der Waals surface area contributed by atoms with Crippen molar-refractivity contribution in [3.05, 3.63) is 59.4 Å². The van der Waals surface area contributed by atoms with Gasteiger partial charge < -0.3 is 5.32 Å². The van der Waals surface area contributed by atoms with Crippen molar-refractivity contribution >= 4 is 21.7 Å². The average molecular weight is 416 g/mol. The second-order valence-electron chi connectivity index (χ2n) is 7.01. The van der Waals surface area contributed by atoms with Crippen LogP contribution < -0.4 is 5.32 Å². The van der Waals surface area contributed by atoms with Crippen LogP contribution in [-0.2, 0) is 10.0 Å². The molecule has 0 aliphatic carbocycles. The molecule has 1 aliphatic heterocycles. The molecule has 8 nitrogen and oxygen atoms in total. The summed E-state index contributed by atoms with van der Waals surface area (Å²) in [7, 11) is -3.77. The Hall–Kier alpha value is -2.85. The third-order valence-electron chi connectivity index (χ3n) is 4.79. The molecule has 1 fully saturated rings. The zero-order valence-corrected chi connectivity index (χ0v) is 16.9. The molecular weight excluding hydrogens is 395 g/mol. The molecule has 0 radical (unpaired) electrons. The van der Waals surface area contributed by atoms with Gasteiger partial charge in [-0.3, -0.25) is 5.10 Å². The van der Waals surface area contributed by atoms with E-state index in [1.165, 1.54) is 16.4 Å². The normalized spacial score (nSPS) is 17.6. The van der Waals surface area contributed by atoms with Crippen molar-refractivity contribution < 1.29 is 12.8 Å². The highest BCUT2D eigenvalue weighted by Gasteiger charge is 2.37.